The molecule has 0 saturated heterocycles. The first-order valence-corrected chi connectivity index (χ1v) is 12.9. The molecule has 160 valence electrons. The van der Waals surface area contributed by atoms with Gasteiger partial charge < -0.3 is 0 Å². The van der Waals surface area contributed by atoms with E-state index in [4.69, 9.17) is 0 Å². The summed E-state index contributed by atoms with van der Waals surface area (Å²) in [6.07, 6.45) is 4.82. The zero-order valence-corrected chi connectivity index (χ0v) is 19.1. The van der Waals surface area contributed by atoms with E-state index in [1.165, 1.54) is 35.6 Å². The SMILES string of the molecule is CCCCCc1nnc(NC(=O)c2ccc(S(=O)(=O)NCCc3cccs3)cc2)s1. The number of rotatable bonds is 11. The fourth-order valence-corrected chi connectivity index (χ4v) is 5.25. The maximum absolute atomic E-state index is 12.4. The van der Waals surface area contributed by atoms with Crippen molar-refractivity contribution in [2.45, 2.75) is 43.9 Å². The lowest BCUT2D eigenvalue weighted by molar-refractivity contribution is 0.102. The summed E-state index contributed by atoms with van der Waals surface area (Å²) in [4.78, 5) is 13.7. The molecule has 0 spiro atoms. The van der Waals surface area contributed by atoms with Crippen LogP contribution >= 0.6 is 22.7 Å². The number of unbranched alkanes of at least 4 members (excludes halogenated alkanes) is 2. The highest BCUT2D eigenvalue weighted by Gasteiger charge is 2.15. The van der Waals surface area contributed by atoms with Crippen LogP contribution in [0.15, 0.2) is 46.7 Å². The molecule has 1 amide bonds. The molecule has 0 radical (unpaired) electrons. The Morgan fingerprint density at radius 3 is 2.57 bits per heavy atom. The maximum Gasteiger partial charge on any atom is 0.257 e. The quantitative estimate of drug-likeness (QED) is 0.416. The highest BCUT2D eigenvalue weighted by molar-refractivity contribution is 7.89. The van der Waals surface area contributed by atoms with Crippen molar-refractivity contribution in [1.82, 2.24) is 14.9 Å². The van der Waals surface area contributed by atoms with E-state index < -0.39 is 10.0 Å². The topological polar surface area (TPSA) is 101 Å². The molecule has 7 nitrogen and oxygen atoms in total. The first-order valence-electron chi connectivity index (χ1n) is 9.74. The van der Waals surface area contributed by atoms with Crippen LogP contribution in [0.1, 0.15) is 46.4 Å². The summed E-state index contributed by atoms with van der Waals surface area (Å²) in [6, 6.07) is 9.75. The normalized spacial score (nSPS) is 11.5. The van der Waals surface area contributed by atoms with Crippen LogP contribution in [0.4, 0.5) is 5.13 Å². The number of aryl methyl sites for hydroxylation is 1. The Hall–Kier alpha value is -2.14. The Bertz CT molecular complexity index is 1050. The monoisotopic (exact) mass is 464 g/mol. The molecule has 10 heteroatoms. The average molecular weight is 465 g/mol. The number of benzene rings is 1. The van der Waals surface area contributed by atoms with Gasteiger partial charge in [0.15, 0.2) is 0 Å². The molecule has 2 heterocycles. The Balaban J connectivity index is 1.54. The van der Waals surface area contributed by atoms with Crippen LogP contribution in [-0.4, -0.2) is 31.1 Å². The third-order valence-corrected chi connectivity index (χ3v) is 7.66. The standard InChI is InChI=1S/C20H24N4O3S3/c1-2-3-4-7-18-23-24-20(29-18)22-19(25)15-8-10-17(11-9-15)30(26,27)21-13-12-16-6-5-14-28-16/h5-6,8-11,14,21H,2-4,7,12-13H2,1H3,(H,22,24,25). The van der Waals surface area contributed by atoms with Crippen LogP contribution in [0.2, 0.25) is 0 Å². The fraction of sp³-hybridized carbons (Fsp3) is 0.350. The lowest BCUT2D eigenvalue weighted by Crippen LogP contribution is -2.26. The van der Waals surface area contributed by atoms with Crippen molar-refractivity contribution in [1.29, 1.82) is 0 Å². The molecule has 2 N–H and O–H groups in total. The predicted octanol–water partition coefficient (Wildman–Crippen LogP) is 4.11. The minimum atomic E-state index is -3.62. The summed E-state index contributed by atoms with van der Waals surface area (Å²) < 4.78 is 27.4. The molecule has 30 heavy (non-hydrogen) atoms. The molecule has 0 atom stereocenters. The van der Waals surface area contributed by atoms with Gasteiger partial charge in [0.25, 0.3) is 5.91 Å². The number of carbonyl (C=O) groups is 1. The Labute approximate surface area is 184 Å². The van der Waals surface area contributed by atoms with Crippen molar-refractivity contribution in [3.05, 3.63) is 57.2 Å². The lowest BCUT2D eigenvalue weighted by Gasteiger charge is -2.07. The number of nitrogens with one attached hydrogen (secondary N) is 2. The van der Waals surface area contributed by atoms with E-state index in [0.717, 1.165) is 35.6 Å². The second kappa shape index (κ2) is 10.8. The van der Waals surface area contributed by atoms with Gasteiger partial charge in [-0.15, -0.1) is 21.5 Å². The van der Waals surface area contributed by atoms with Gasteiger partial charge in [-0.2, -0.15) is 0 Å². The molecular formula is C20H24N4O3S3. The Kier molecular flexibility index (Phi) is 8.08. The molecule has 0 bridgehead atoms. The second-order valence-electron chi connectivity index (χ2n) is 6.66. The molecule has 0 fully saturated rings. The molecular weight excluding hydrogens is 440 g/mol. The minimum absolute atomic E-state index is 0.124. The van der Waals surface area contributed by atoms with Gasteiger partial charge in [0.2, 0.25) is 15.2 Å². The zero-order chi connectivity index (χ0) is 21.4. The van der Waals surface area contributed by atoms with Gasteiger partial charge in [-0.25, -0.2) is 13.1 Å². The third-order valence-electron chi connectivity index (χ3n) is 4.35. The van der Waals surface area contributed by atoms with E-state index in [1.807, 2.05) is 17.5 Å². The largest absolute Gasteiger partial charge is 0.296 e. The highest BCUT2D eigenvalue weighted by atomic mass is 32.2. The molecule has 0 unspecified atom stereocenters. The smallest absolute Gasteiger partial charge is 0.257 e. The maximum atomic E-state index is 12.4. The van der Waals surface area contributed by atoms with Gasteiger partial charge in [-0.3, -0.25) is 10.1 Å². The van der Waals surface area contributed by atoms with Crippen molar-refractivity contribution in [2.24, 2.45) is 0 Å². The van der Waals surface area contributed by atoms with Crippen molar-refractivity contribution in [3.63, 3.8) is 0 Å². The van der Waals surface area contributed by atoms with Crippen molar-refractivity contribution < 1.29 is 13.2 Å². The van der Waals surface area contributed by atoms with Crippen molar-refractivity contribution in [2.75, 3.05) is 11.9 Å². The molecule has 0 aliphatic heterocycles. The number of amides is 1. The molecule has 2 aromatic heterocycles. The molecule has 3 aromatic rings. The summed E-state index contributed by atoms with van der Waals surface area (Å²) in [7, 11) is -3.62. The number of anilines is 1. The van der Waals surface area contributed by atoms with E-state index in [2.05, 4.69) is 27.2 Å². The highest BCUT2D eigenvalue weighted by Crippen LogP contribution is 2.19. The number of sulfonamides is 1. The third kappa shape index (κ3) is 6.43. The second-order valence-corrected chi connectivity index (χ2v) is 10.5. The molecule has 3 rings (SSSR count). The number of carbonyl (C=O) groups excluding carboxylic acids is 1. The van der Waals surface area contributed by atoms with Crippen LogP contribution in [0.25, 0.3) is 0 Å². The van der Waals surface area contributed by atoms with Crippen LogP contribution in [0.3, 0.4) is 0 Å². The summed E-state index contributed by atoms with van der Waals surface area (Å²) >= 11 is 2.96. The molecule has 0 saturated carbocycles. The zero-order valence-electron chi connectivity index (χ0n) is 16.6. The Morgan fingerprint density at radius 2 is 1.87 bits per heavy atom. The van der Waals surface area contributed by atoms with Crippen molar-refractivity contribution in [3.8, 4) is 0 Å². The number of thiophene rings is 1. The van der Waals surface area contributed by atoms with Crippen LogP contribution in [0, 0.1) is 0 Å². The number of nitrogens with zero attached hydrogens (tertiary/aromatic N) is 2. The first-order chi connectivity index (χ1) is 14.5. The number of aromatic nitrogens is 2. The summed E-state index contributed by atoms with van der Waals surface area (Å²) in [5.41, 5.74) is 0.357. The van der Waals surface area contributed by atoms with Gasteiger partial charge in [-0.05, 0) is 48.6 Å². The van der Waals surface area contributed by atoms with Crippen molar-refractivity contribution >= 4 is 43.7 Å². The predicted molar refractivity (Wildman–Crippen MR) is 121 cm³/mol. The fourth-order valence-electron chi connectivity index (χ4n) is 2.73. The van der Waals surface area contributed by atoms with Gasteiger partial charge in [0.1, 0.15) is 5.01 Å². The van der Waals surface area contributed by atoms with E-state index in [1.54, 1.807) is 11.3 Å². The van der Waals surface area contributed by atoms with Crippen LogP contribution < -0.4 is 10.0 Å². The van der Waals surface area contributed by atoms with E-state index >= 15 is 0 Å². The summed E-state index contributed by atoms with van der Waals surface area (Å²) in [6.45, 7) is 2.46. The average Bonchev–Trinajstić information content (AvgIpc) is 3.40. The van der Waals surface area contributed by atoms with E-state index in [9.17, 15) is 13.2 Å². The number of hydrogen-bond acceptors (Lipinski definition) is 7. The minimum Gasteiger partial charge on any atom is -0.296 e. The molecule has 0 aliphatic carbocycles. The lowest BCUT2D eigenvalue weighted by atomic mass is 10.2. The first kappa shape index (κ1) is 22.5. The van der Waals surface area contributed by atoms with Gasteiger partial charge >= 0.3 is 0 Å². The molecule has 0 aliphatic rings. The van der Waals surface area contributed by atoms with E-state index in [-0.39, 0.29) is 10.8 Å². The Morgan fingerprint density at radius 1 is 1.07 bits per heavy atom. The summed E-state index contributed by atoms with van der Waals surface area (Å²) in [5.74, 6) is -0.346. The summed E-state index contributed by atoms with van der Waals surface area (Å²) in [5, 5.41) is 14.1. The van der Waals surface area contributed by atoms with Gasteiger partial charge in [-0.1, -0.05) is 37.2 Å². The van der Waals surface area contributed by atoms with Gasteiger partial charge in [0.05, 0.1) is 4.90 Å². The number of hydrogen-bond donors (Lipinski definition) is 2. The van der Waals surface area contributed by atoms with Crippen LogP contribution in [-0.2, 0) is 22.9 Å². The van der Waals surface area contributed by atoms with Gasteiger partial charge in [0, 0.05) is 23.4 Å². The van der Waals surface area contributed by atoms with Crippen LogP contribution in [0.5, 0.6) is 0 Å². The van der Waals surface area contributed by atoms with E-state index in [0.29, 0.717) is 23.7 Å². The molecule has 1 aromatic carbocycles.